The van der Waals surface area contributed by atoms with Gasteiger partial charge in [-0.15, -0.1) is 0 Å². The summed E-state index contributed by atoms with van der Waals surface area (Å²) in [5.74, 6) is 0. The fourth-order valence-electron chi connectivity index (χ4n) is 2.19. The standard InChI is InChI=1S/C15H12N2O/c18-11-17-10-8-13(12-5-2-1-3-6-12)15-14(17)7-4-9-16-15/h1-9,11H,10H2. The van der Waals surface area contributed by atoms with Crippen LogP contribution in [0.3, 0.4) is 0 Å². The van der Waals surface area contributed by atoms with Crippen LogP contribution in [0.4, 0.5) is 5.69 Å². The monoisotopic (exact) mass is 236 g/mol. The molecule has 0 fully saturated rings. The average molecular weight is 236 g/mol. The van der Waals surface area contributed by atoms with Crippen molar-refractivity contribution in [3.05, 3.63) is 66.0 Å². The second-order valence-corrected chi connectivity index (χ2v) is 4.11. The number of aromatic nitrogens is 1. The number of carbonyl (C=O) groups excluding carboxylic acids is 1. The largest absolute Gasteiger partial charge is 0.309 e. The zero-order valence-corrected chi connectivity index (χ0v) is 9.78. The lowest BCUT2D eigenvalue weighted by molar-refractivity contribution is -0.107. The maximum absolute atomic E-state index is 11.0. The Kier molecular flexibility index (Phi) is 2.65. The average Bonchev–Trinajstić information content (AvgIpc) is 2.47. The summed E-state index contributed by atoms with van der Waals surface area (Å²) in [6, 6.07) is 13.9. The minimum absolute atomic E-state index is 0.590. The molecule has 1 aliphatic rings. The number of carbonyl (C=O) groups is 1. The highest BCUT2D eigenvalue weighted by Gasteiger charge is 2.19. The molecule has 0 bridgehead atoms. The molecule has 2 aromatic rings. The van der Waals surface area contributed by atoms with Crippen LogP contribution in [0.25, 0.3) is 5.57 Å². The van der Waals surface area contributed by atoms with Gasteiger partial charge in [-0.2, -0.15) is 0 Å². The van der Waals surface area contributed by atoms with Gasteiger partial charge in [0.15, 0.2) is 0 Å². The molecule has 0 saturated heterocycles. The van der Waals surface area contributed by atoms with Gasteiger partial charge in [0.1, 0.15) is 0 Å². The third-order valence-corrected chi connectivity index (χ3v) is 3.06. The Morgan fingerprint density at radius 3 is 2.72 bits per heavy atom. The van der Waals surface area contributed by atoms with Crippen molar-refractivity contribution < 1.29 is 4.79 Å². The highest BCUT2D eigenvalue weighted by molar-refractivity contribution is 5.92. The SMILES string of the molecule is O=CN1CC=C(c2ccccc2)c2ncccc21. The fourth-order valence-corrected chi connectivity index (χ4v) is 2.19. The lowest BCUT2D eigenvalue weighted by atomic mass is 9.98. The molecule has 0 saturated carbocycles. The summed E-state index contributed by atoms with van der Waals surface area (Å²) in [5, 5.41) is 0. The van der Waals surface area contributed by atoms with Crippen LogP contribution in [0.15, 0.2) is 54.7 Å². The molecule has 18 heavy (non-hydrogen) atoms. The fraction of sp³-hybridized carbons (Fsp3) is 0.0667. The summed E-state index contributed by atoms with van der Waals surface area (Å²) in [4.78, 5) is 17.1. The third kappa shape index (κ3) is 1.70. The van der Waals surface area contributed by atoms with Crippen molar-refractivity contribution in [3.63, 3.8) is 0 Å². The summed E-state index contributed by atoms with van der Waals surface area (Å²) in [6.07, 6.45) is 4.64. The van der Waals surface area contributed by atoms with Gasteiger partial charge in [0.05, 0.1) is 11.4 Å². The number of nitrogens with zero attached hydrogens (tertiary/aromatic N) is 2. The number of fused-ring (bicyclic) bond motifs is 1. The van der Waals surface area contributed by atoms with Crippen LogP contribution in [0.5, 0.6) is 0 Å². The second-order valence-electron chi connectivity index (χ2n) is 4.11. The van der Waals surface area contributed by atoms with Crippen LogP contribution in [-0.2, 0) is 4.79 Å². The third-order valence-electron chi connectivity index (χ3n) is 3.06. The number of rotatable bonds is 2. The van der Waals surface area contributed by atoms with E-state index in [0.29, 0.717) is 6.54 Å². The van der Waals surface area contributed by atoms with E-state index in [1.807, 2.05) is 36.4 Å². The van der Waals surface area contributed by atoms with Crippen molar-refractivity contribution in [2.75, 3.05) is 11.4 Å². The van der Waals surface area contributed by atoms with Gasteiger partial charge in [0.2, 0.25) is 6.41 Å². The van der Waals surface area contributed by atoms with Crippen LogP contribution >= 0.6 is 0 Å². The van der Waals surface area contributed by atoms with E-state index in [1.54, 1.807) is 11.1 Å². The molecule has 2 heterocycles. The van der Waals surface area contributed by atoms with Crippen LogP contribution < -0.4 is 4.90 Å². The van der Waals surface area contributed by atoms with Crippen molar-refractivity contribution >= 4 is 17.7 Å². The van der Waals surface area contributed by atoms with E-state index in [2.05, 4.69) is 17.1 Å². The zero-order valence-electron chi connectivity index (χ0n) is 9.78. The Morgan fingerprint density at radius 2 is 1.94 bits per heavy atom. The summed E-state index contributed by atoms with van der Waals surface area (Å²) in [5.41, 5.74) is 3.95. The van der Waals surface area contributed by atoms with Crippen molar-refractivity contribution in [2.24, 2.45) is 0 Å². The van der Waals surface area contributed by atoms with Crippen LogP contribution in [0, 0.1) is 0 Å². The number of hydrogen-bond donors (Lipinski definition) is 0. The lowest BCUT2D eigenvalue weighted by Crippen LogP contribution is -2.25. The number of hydrogen-bond acceptors (Lipinski definition) is 2. The van der Waals surface area contributed by atoms with Gasteiger partial charge in [-0.05, 0) is 17.7 Å². The predicted octanol–water partition coefficient (Wildman–Crippen LogP) is 2.49. The second kappa shape index (κ2) is 4.45. The van der Waals surface area contributed by atoms with E-state index in [0.717, 1.165) is 28.9 Å². The molecule has 0 radical (unpaired) electrons. The van der Waals surface area contributed by atoms with Gasteiger partial charge in [-0.25, -0.2) is 0 Å². The molecular weight excluding hydrogens is 224 g/mol. The Bertz CT molecular complexity index is 605. The zero-order chi connectivity index (χ0) is 12.4. The van der Waals surface area contributed by atoms with Gasteiger partial charge in [0.25, 0.3) is 0 Å². The first-order valence-electron chi connectivity index (χ1n) is 5.83. The molecule has 1 amide bonds. The van der Waals surface area contributed by atoms with Gasteiger partial charge in [0, 0.05) is 18.3 Å². The van der Waals surface area contributed by atoms with Gasteiger partial charge >= 0.3 is 0 Å². The normalized spacial score (nSPS) is 13.8. The highest BCUT2D eigenvalue weighted by atomic mass is 16.1. The molecule has 3 nitrogen and oxygen atoms in total. The van der Waals surface area contributed by atoms with Crippen molar-refractivity contribution in [1.82, 2.24) is 4.98 Å². The van der Waals surface area contributed by atoms with E-state index in [9.17, 15) is 4.79 Å². The van der Waals surface area contributed by atoms with Gasteiger partial charge < -0.3 is 4.90 Å². The lowest BCUT2D eigenvalue weighted by Gasteiger charge is -2.24. The van der Waals surface area contributed by atoms with Crippen molar-refractivity contribution in [1.29, 1.82) is 0 Å². The van der Waals surface area contributed by atoms with Crippen LogP contribution in [0.2, 0.25) is 0 Å². The van der Waals surface area contributed by atoms with E-state index in [4.69, 9.17) is 0 Å². The molecule has 3 rings (SSSR count). The molecule has 0 spiro atoms. The van der Waals surface area contributed by atoms with Crippen LogP contribution in [-0.4, -0.2) is 17.9 Å². The van der Waals surface area contributed by atoms with Crippen molar-refractivity contribution in [3.8, 4) is 0 Å². The highest BCUT2D eigenvalue weighted by Crippen LogP contribution is 2.32. The summed E-state index contributed by atoms with van der Waals surface area (Å²) in [7, 11) is 0. The Labute approximate surface area is 105 Å². The quantitative estimate of drug-likeness (QED) is 0.750. The van der Waals surface area contributed by atoms with Crippen LogP contribution in [0.1, 0.15) is 11.3 Å². The molecule has 1 aromatic heterocycles. The van der Waals surface area contributed by atoms with Gasteiger partial charge in [-0.3, -0.25) is 9.78 Å². The Morgan fingerprint density at radius 1 is 1.11 bits per heavy atom. The summed E-state index contributed by atoms with van der Waals surface area (Å²) >= 11 is 0. The topological polar surface area (TPSA) is 33.2 Å². The molecule has 88 valence electrons. The first kappa shape index (κ1) is 10.7. The molecule has 0 N–H and O–H groups in total. The minimum Gasteiger partial charge on any atom is -0.309 e. The molecule has 0 aliphatic carbocycles. The maximum Gasteiger partial charge on any atom is 0.214 e. The Hall–Kier alpha value is -2.42. The number of anilines is 1. The molecule has 1 aromatic carbocycles. The molecule has 1 aliphatic heterocycles. The predicted molar refractivity (Wildman–Crippen MR) is 71.2 cm³/mol. The van der Waals surface area contributed by atoms with E-state index in [-0.39, 0.29) is 0 Å². The van der Waals surface area contributed by atoms with E-state index < -0.39 is 0 Å². The maximum atomic E-state index is 11.0. The summed E-state index contributed by atoms with van der Waals surface area (Å²) in [6.45, 7) is 0.590. The summed E-state index contributed by atoms with van der Waals surface area (Å²) < 4.78 is 0. The first-order chi connectivity index (χ1) is 8.90. The number of pyridine rings is 1. The molecule has 3 heteroatoms. The molecule has 0 atom stereocenters. The minimum atomic E-state index is 0.590. The van der Waals surface area contributed by atoms with E-state index in [1.165, 1.54) is 0 Å². The smallest absolute Gasteiger partial charge is 0.214 e. The molecular formula is C15H12N2O. The van der Waals surface area contributed by atoms with Crippen molar-refractivity contribution in [2.45, 2.75) is 0 Å². The first-order valence-corrected chi connectivity index (χ1v) is 5.83. The van der Waals surface area contributed by atoms with E-state index >= 15 is 0 Å². The molecule has 0 unspecified atom stereocenters. The number of benzene rings is 1. The Balaban J connectivity index is 2.14. The van der Waals surface area contributed by atoms with Gasteiger partial charge in [-0.1, -0.05) is 36.4 Å². The number of amides is 1.